The second-order valence-electron chi connectivity index (χ2n) is 9.10. The van der Waals surface area contributed by atoms with Gasteiger partial charge in [0.1, 0.15) is 13.2 Å². The van der Waals surface area contributed by atoms with Gasteiger partial charge in [0.05, 0.1) is 23.4 Å². The molecule has 0 aliphatic heterocycles. The van der Waals surface area contributed by atoms with Gasteiger partial charge in [0.2, 0.25) is 0 Å². The lowest BCUT2D eigenvalue weighted by molar-refractivity contribution is -0.119. The first kappa shape index (κ1) is 29.4. The fourth-order valence-corrected chi connectivity index (χ4v) is 5.08. The number of hydrogen-bond acceptors (Lipinski definition) is 6. The van der Waals surface area contributed by atoms with E-state index in [2.05, 4.69) is 31.0 Å². The molecule has 0 heterocycles. The molecule has 0 saturated heterocycles. The first-order valence-electron chi connectivity index (χ1n) is 12.7. The lowest BCUT2D eigenvalue weighted by atomic mass is 10.0. The quantitative estimate of drug-likeness (QED) is 0.174. The summed E-state index contributed by atoms with van der Waals surface area (Å²) in [6.45, 7) is 11.8. The zero-order valence-electron chi connectivity index (χ0n) is 22.8. The SMILES string of the molecule is C=CCOc1ccc(/C=N\NC(=O)CN(c2ccc(C(C)C)cc2)S(=O)(=O)c2ccc(C)cc2)cc1OCC. The summed E-state index contributed by atoms with van der Waals surface area (Å²) in [4.78, 5) is 13.0. The van der Waals surface area contributed by atoms with Crippen molar-refractivity contribution in [1.82, 2.24) is 5.43 Å². The fourth-order valence-electron chi connectivity index (χ4n) is 3.66. The summed E-state index contributed by atoms with van der Waals surface area (Å²) in [6.07, 6.45) is 3.09. The summed E-state index contributed by atoms with van der Waals surface area (Å²) >= 11 is 0. The Morgan fingerprint density at radius 3 is 2.33 bits per heavy atom. The maximum atomic E-state index is 13.6. The lowest BCUT2D eigenvalue weighted by Gasteiger charge is -2.24. The first-order valence-corrected chi connectivity index (χ1v) is 14.1. The van der Waals surface area contributed by atoms with Crippen molar-refractivity contribution < 1.29 is 22.7 Å². The van der Waals surface area contributed by atoms with Crippen LogP contribution in [-0.4, -0.2) is 40.3 Å². The standard InChI is InChI=1S/C30H35N3O5S/c1-6-18-38-28-17-10-24(19-29(28)37-7-2)20-31-32-30(34)21-33(26-13-11-25(12-14-26)22(3)4)39(35,36)27-15-8-23(5)9-16-27/h6,8-17,19-20,22H,1,7,18,21H2,2-5H3,(H,32,34)/b31-20-. The minimum Gasteiger partial charge on any atom is -0.490 e. The van der Waals surface area contributed by atoms with Gasteiger partial charge in [0.25, 0.3) is 15.9 Å². The van der Waals surface area contributed by atoms with Crippen LogP contribution in [0.4, 0.5) is 5.69 Å². The predicted molar refractivity (Wildman–Crippen MR) is 155 cm³/mol. The van der Waals surface area contributed by atoms with Crippen molar-refractivity contribution in [3.8, 4) is 11.5 Å². The molecular formula is C30H35N3O5S. The van der Waals surface area contributed by atoms with E-state index in [0.717, 1.165) is 15.4 Å². The van der Waals surface area contributed by atoms with Crippen molar-refractivity contribution in [3.05, 3.63) is 96.1 Å². The topological polar surface area (TPSA) is 97.3 Å². The minimum atomic E-state index is -4.02. The van der Waals surface area contributed by atoms with Crippen LogP contribution in [0.2, 0.25) is 0 Å². The smallest absolute Gasteiger partial charge is 0.264 e. The Balaban J connectivity index is 1.81. The molecule has 0 radical (unpaired) electrons. The van der Waals surface area contributed by atoms with Crippen LogP contribution in [0.15, 0.2) is 89.4 Å². The summed E-state index contributed by atoms with van der Waals surface area (Å²) in [7, 11) is -4.02. The number of rotatable bonds is 13. The molecule has 0 unspecified atom stereocenters. The van der Waals surface area contributed by atoms with Gasteiger partial charge in [-0.3, -0.25) is 9.10 Å². The Kier molecular flexibility index (Phi) is 10.3. The molecule has 0 saturated carbocycles. The van der Waals surface area contributed by atoms with Crippen LogP contribution in [0.25, 0.3) is 0 Å². The number of hydrazone groups is 1. The predicted octanol–water partition coefficient (Wildman–Crippen LogP) is 5.43. The number of benzene rings is 3. The molecular weight excluding hydrogens is 514 g/mol. The van der Waals surface area contributed by atoms with Gasteiger partial charge in [0, 0.05) is 0 Å². The highest BCUT2D eigenvalue weighted by Crippen LogP contribution is 2.28. The Hall–Kier alpha value is -4.11. The van der Waals surface area contributed by atoms with Gasteiger partial charge < -0.3 is 9.47 Å². The van der Waals surface area contributed by atoms with E-state index < -0.39 is 22.5 Å². The number of carbonyl (C=O) groups is 1. The number of amides is 1. The molecule has 3 aromatic rings. The minimum absolute atomic E-state index is 0.0968. The van der Waals surface area contributed by atoms with E-state index in [4.69, 9.17) is 9.47 Å². The zero-order valence-corrected chi connectivity index (χ0v) is 23.6. The Bertz CT molecular complexity index is 1400. The van der Waals surface area contributed by atoms with E-state index in [1.165, 1.54) is 18.3 Å². The number of nitrogens with one attached hydrogen (secondary N) is 1. The van der Waals surface area contributed by atoms with Gasteiger partial charge in [-0.1, -0.05) is 56.3 Å². The van der Waals surface area contributed by atoms with Gasteiger partial charge in [-0.05, 0) is 73.4 Å². The maximum absolute atomic E-state index is 13.6. The number of hydrogen-bond donors (Lipinski definition) is 1. The largest absolute Gasteiger partial charge is 0.490 e. The number of aryl methyl sites for hydroxylation is 1. The van der Waals surface area contributed by atoms with Crippen molar-refractivity contribution in [2.75, 3.05) is 24.1 Å². The summed E-state index contributed by atoms with van der Waals surface area (Å²) in [5.74, 6) is 0.795. The van der Waals surface area contributed by atoms with E-state index in [1.807, 2.05) is 26.0 Å². The van der Waals surface area contributed by atoms with E-state index in [9.17, 15) is 13.2 Å². The van der Waals surface area contributed by atoms with Gasteiger partial charge >= 0.3 is 0 Å². The summed E-state index contributed by atoms with van der Waals surface area (Å²) in [5.41, 5.74) is 5.48. The average Bonchev–Trinajstić information content (AvgIpc) is 2.91. The molecule has 3 aromatic carbocycles. The number of anilines is 1. The number of sulfonamides is 1. The van der Waals surface area contributed by atoms with E-state index in [1.54, 1.807) is 48.5 Å². The Morgan fingerprint density at radius 2 is 1.72 bits per heavy atom. The van der Waals surface area contributed by atoms with Crippen LogP contribution in [-0.2, 0) is 14.8 Å². The highest BCUT2D eigenvalue weighted by atomic mass is 32.2. The van der Waals surface area contributed by atoms with Gasteiger partial charge in [-0.25, -0.2) is 13.8 Å². The van der Waals surface area contributed by atoms with Crippen LogP contribution < -0.4 is 19.2 Å². The molecule has 3 rings (SSSR count). The molecule has 39 heavy (non-hydrogen) atoms. The molecule has 0 aliphatic rings. The summed E-state index contributed by atoms with van der Waals surface area (Å²) in [6, 6.07) is 18.9. The van der Waals surface area contributed by atoms with Crippen LogP contribution >= 0.6 is 0 Å². The van der Waals surface area contributed by atoms with Crippen LogP contribution in [0, 0.1) is 6.92 Å². The van der Waals surface area contributed by atoms with Crippen LogP contribution in [0.1, 0.15) is 43.4 Å². The van der Waals surface area contributed by atoms with Gasteiger partial charge in [0.15, 0.2) is 11.5 Å². The normalized spacial score (nSPS) is 11.4. The van der Waals surface area contributed by atoms with E-state index in [-0.39, 0.29) is 10.8 Å². The molecule has 0 fully saturated rings. The van der Waals surface area contributed by atoms with Crippen LogP contribution in [0.3, 0.4) is 0 Å². The van der Waals surface area contributed by atoms with E-state index >= 15 is 0 Å². The highest BCUT2D eigenvalue weighted by Gasteiger charge is 2.27. The molecule has 0 atom stereocenters. The maximum Gasteiger partial charge on any atom is 0.264 e. The molecule has 1 N–H and O–H groups in total. The molecule has 8 nitrogen and oxygen atoms in total. The lowest BCUT2D eigenvalue weighted by Crippen LogP contribution is -2.39. The Morgan fingerprint density at radius 1 is 1.03 bits per heavy atom. The second kappa shape index (κ2) is 13.6. The number of ether oxygens (including phenoxy) is 2. The molecule has 0 bridgehead atoms. The molecule has 0 spiro atoms. The molecule has 1 amide bonds. The number of nitrogens with zero attached hydrogens (tertiary/aromatic N) is 2. The summed E-state index contributed by atoms with van der Waals surface area (Å²) in [5, 5.41) is 4.03. The van der Waals surface area contributed by atoms with Crippen molar-refractivity contribution in [1.29, 1.82) is 0 Å². The van der Waals surface area contributed by atoms with Gasteiger partial charge in [-0.15, -0.1) is 0 Å². The zero-order chi connectivity index (χ0) is 28.4. The molecule has 9 heteroatoms. The third-order valence-electron chi connectivity index (χ3n) is 5.77. The molecule has 0 aromatic heterocycles. The third kappa shape index (κ3) is 7.94. The molecule has 0 aliphatic carbocycles. The molecule has 206 valence electrons. The highest BCUT2D eigenvalue weighted by molar-refractivity contribution is 7.92. The monoisotopic (exact) mass is 549 g/mol. The summed E-state index contributed by atoms with van der Waals surface area (Å²) < 4.78 is 39.5. The first-order chi connectivity index (χ1) is 18.6. The van der Waals surface area contributed by atoms with Crippen molar-refractivity contribution in [2.45, 2.75) is 38.5 Å². The third-order valence-corrected chi connectivity index (χ3v) is 7.56. The fraction of sp³-hybridized carbons (Fsp3) is 0.267. The van der Waals surface area contributed by atoms with E-state index in [0.29, 0.717) is 36.0 Å². The van der Waals surface area contributed by atoms with Crippen molar-refractivity contribution in [2.24, 2.45) is 5.10 Å². The average molecular weight is 550 g/mol. The second-order valence-corrected chi connectivity index (χ2v) is 11.0. The Labute approximate surface area is 231 Å². The van der Waals surface area contributed by atoms with Gasteiger partial charge in [-0.2, -0.15) is 5.10 Å². The number of carbonyl (C=O) groups excluding carboxylic acids is 1. The van der Waals surface area contributed by atoms with Crippen molar-refractivity contribution >= 4 is 27.8 Å². The van der Waals surface area contributed by atoms with Crippen molar-refractivity contribution in [3.63, 3.8) is 0 Å². The van der Waals surface area contributed by atoms with Crippen LogP contribution in [0.5, 0.6) is 11.5 Å².